The SMILES string of the molecule is Fc1cc(Cl)cnc1NC1CCOC2(CCCC2)C1. The molecule has 1 aliphatic heterocycles. The van der Waals surface area contributed by atoms with Crippen LogP contribution in [-0.4, -0.2) is 23.2 Å². The molecular weight excluding hydrogens is 267 g/mol. The lowest BCUT2D eigenvalue weighted by atomic mass is 9.89. The number of hydrogen-bond donors (Lipinski definition) is 1. The van der Waals surface area contributed by atoms with Crippen LogP contribution in [-0.2, 0) is 4.74 Å². The summed E-state index contributed by atoms with van der Waals surface area (Å²) >= 11 is 5.71. The first kappa shape index (κ1) is 13.1. The van der Waals surface area contributed by atoms with Crippen LogP contribution >= 0.6 is 11.6 Å². The average molecular weight is 285 g/mol. The van der Waals surface area contributed by atoms with Crippen LogP contribution in [0.15, 0.2) is 12.3 Å². The fraction of sp³-hybridized carbons (Fsp3) is 0.643. The Kier molecular flexibility index (Phi) is 3.63. The monoisotopic (exact) mass is 284 g/mol. The summed E-state index contributed by atoms with van der Waals surface area (Å²) in [4.78, 5) is 4.03. The summed E-state index contributed by atoms with van der Waals surface area (Å²) in [6.07, 6.45) is 8.03. The molecule has 2 heterocycles. The Balaban J connectivity index is 1.69. The minimum Gasteiger partial charge on any atom is -0.375 e. The zero-order chi connectivity index (χ0) is 13.3. The second kappa shape index (κ2) is 5.25. The van der Waals surface area contributed by atoms with Gasteiger partial charge in [-0.1, -0.05) is 24.4 Å². The minimum absolute atomic E-state index is 0.0266. The summed E-state index contributed by atoms with van der Waals surface area (Å²) in [6.45, 7) is 0.743. The molecule has 0 radical (unpaired) electrons. The van der Waals surface area contributed by atoms with Gasteiger partial charge in [0.1, 0.15) is 0 Å². The summed E-state index contributed by atoms with van der Waals surface area (Å²) in [5.74, 6) is -0.0936. The zero-order valence-corrected chi connectivity index (χ0v) is 11.5. The van der Waals surface area contributed by atoms with Crippen molar-refractivity contribution in [3.05, 3.63) is 23.1 Å². The molecule has 1 aromatic rings. The summed E-state index contributed by atoms with van der Waals surface area (Å²) in [5, 5.41) is 3.52. The number of hydrogen-bond acceptors (Lipinski definition) is 3. The lowest BCUT2D eigenvalue weighted by molar-refractivity contribution is -0.0767. The standard InChI is InChI=1S/C14H18ClFN2O/c15-10-7-12(16)13(17-9-10)18-11-3-6-19-14(8-11)4-1-2-5-14/h7,9,11H,1-6,8H2,(H,17,18). The molecule has 1 spiro atoms. The summed E-state index contributed by atoms with van der Waals surface area (Å²) in [6, 6.07) is 1.52. The van der Waals surface area contributed by atoms with E-state index in [-0.39, 0.29) is 17.5 Å². The van der Waals surface area contributed by atoms with Gasteiger partial charge in [-0.05, 0) is 31.7 Å². The molecule has 5 heteroatoms. The molecule has 3 nitrogen and oxygen atoms in total. The van der Waals surface area contributed by atoms with Gasteiger partial charge in [-0.2, -0.15) is 0 Å². The quantitative estimate of drug-likeness (QED) is 0.897. The van der Waals surface area contributed by atoms with Crippen molar-refractivity contribution in [2.75, 3.05) is 11.9 Å². The number of nitrogens with zero attached hydrogens (tertiary/aromatic N) is 1. The van der Waals surface area contributed by atoms with Crippen molar-refractivity contribution < 1.29 is 9.13 Å². The molecule has 1 aromatic heterocycles. The van der Waals surface area contributed by atoms with Gasteiger partial charge in [0.05, 0.1) is 10.6 Å². The summed E-state index contributed by atoms with van der Waals surface area (Å²) < 4.78 is 19.7. The van der Waals surface area contributed by atoms with E-state index in [0.717, 1.165) is 32.3 Å². The van der Waals surface area contributed by atoms with Crippen molar-refractivity contribution in [1.29, 1.82) is 0 Å². The van der Waals surface area contributed by atoms with Gasteiger partial charge in [-0.15, -0.1) is 0 Å². The highest BCUT2D eigenvalue weighted by Gasteiger charge is 2.40. The second-order valence-electron chi connectivity index (χ2n) is 5.56. The Morgan fingerprint density at radius 1 is 1.42 bits per heavy atom. The Labute approximate surface area is 117 Å². The molecule has 1 saturated heterocycles. The van der Waals surface area contributed by atoms with E-state index in [4.69, 9.17) is 16.3 Å². The Morgan fingerprint density at radius 3 is 2.95 bits per heavy atom. The van der Waals surface area contributed by atoms with E-state index in [1.54, 1.807) is 0 Å². The van der Waals surface area contributed by atoms with Crippen LogP contribution in [0, 0.1) is 5.82 Å². The molecule has 0 bridgehead atoms. The van der Waals surface area contributed by atoms with Gasteiger partial charge in [0.2, 0.25) is 0 Å². The third-order valence-electron chi connectivity index (χ3n) is 4.16. The molecule has 2 aliphatic rings. The van der Waals surface area contributed by atoms with Gasteiger partial charge in [0.15, 0.2) is 11.6 Å². The highest BCUT2D eigenvalue weighted by Crippen LogP contribution is 2.40. The van der Waals surface area contributed by atoms with Crippen molar-refractivity contribution in [3.8, 4) is 0 Å². The smallest absolute Gasteiger partial charge is 0.166 e. The van der Waals surface area contributed by atoms with Gasteiger partial charge >= 0.3 is 0 Å². The molecule has 1 aliphatic carbocycles. The number of pyridine rings is 1. The largest absolute Gasteiger partial charge is 0.375 e. The van der Waals surface area contributed by atoms with Crippen LogP contribution in [0.2, 0.25) is 5.02 Å². The third kappa shape index (κ3) is 2.84. The topological polar surface area (TPSA) is 34.2 Å². The minimum atomic E-state index is -0.389. The van der Waals surface area contributed by atoms with E-state index in [2.05, 4.69) is 10.3 Å². The molecule has 0 amide bonds. The average Bonchev–Trinajstić information content (AvgIpc) is 2.81. The third-order valence-corrected chi connectivity index (χ3v) is 4.36. The maximum absolute atomic E-state index is 13.7. The van der Waals surface area contributed by atoms with Gasteiger partial charge in [0.25, 0.3) is 0 Å². The Bertz CT molecular complexity index is 463. The predicted molar refractivity (Wildman–Crippen MR) is 73.0 cm³/mol. The molecule has 3 rings (SSSR count). The maximum Gasteiger partial charge on any atom is 0.166 e. The van der Waals surface area contributed by atoms with Crippen molar-refractivity contribution in [3.63, 3.8) is 0 Å². The van der Waals surface area contributed by atoms with Crippen molar-refractivity contribution in [2.45, 2.75) is 50.2 Å². The molecular formula is C14H18ClFN2O. The van der Waals surface area contributed by atoms with Crippen LogP contribution in [0.25, 0.3) is 0 Å². The van der Waals surface area contributed by atoms with E-state index >= 15 is 0 Å². The van der Waals surface area contributed by atoms with Crippen LogP contribution in [0.5, 0.6) is 0 Å². The first-order valence-corrected chi connectivity index (χ1v) is 7.26. The van der Waals surface area contributed by atoms with Crippen LogP contribution in [0.1, 0.15) is 38.5 Å². The number of halogens is 2. The highest BCUT2D eigenvalue weighted by atomic mass is 35.5. The van der Waals surface area contributed by atoms with Gasteiger partial charge in [-0.25, -0.2) is 9.37 Å². The lowest BCUT2D eigenvalue weighted by Gasteiger charge is -2.38. The molecule has 1 unspecified atom stereocenters. The molecule has 0 aromatic carbocycles. The molecule has 19 heavy (non-hydrogen) atoms. The first-order chi connectivity index (χ1) is 9.17. The Hall–Kier alpha value is -0.870. The molecule has 2 fully saturated rings. The number of aromatic nitrogens is 1. The normalized spacial score (nSPS) is 25.7. The summed E-state index contributed by atoms with van der Waals surface area (Å²) in [7, 11) is 0. The lowest BCUT2D eigenvalue weighted by Crippen LogP contribution is -2.42. The van der Waals surface area contributed by atoms with Crippen molar-refractivity contribution in [1.82, 2.24) is 4.98 Å². The van der Waals surface area contributed by atoms with E-state index < -0.39 is 0 Å². The van der Waals surface area contributed by atoms with E-state index in [1.165, 1.54) is 25.1 Å². The van der Waals surface area contributed by atoms with Crippen molar-refractivity contribution >= 4 is 17.4 Å². The number of rotatable bonds is 2. The Morgan fingerprint density at radius 2 is 2.21 bits per heavy atom. The van der Waals surface area contributed by atoms with Crippen molar-refractivity contribution in [2.24, 2.45) is 0 Å². The van der Waals surface area contributed by atoms with E-state index in [0.29, 0.717) is 10.8 Å². The van der Waals surface area contributed by atoms with Crippen LogP contribution in [0.4, 0.5) is 10.2 Å². The molecule has 104 valence electrons. The zero-order valence-electron chi connectivity index (χ0n) is 10.8. The number of anilines is 1. The van der Waals surface area contributed by atoms with Crippen LogP contribution < -0.4 is 5.32 Å². The molecule has 1 N–H and O–H groups in total. The summed E-state index contributed by atoms with van der Waals surface area (Å²) in [5.41, 5.74) is 0.0266. The number of nitrogens with one attached hydrogen (secondary N) is 1. The predicted octanol–water partition coefficient (Wildman–Crippen LogP) is 3.78. The first-order valence-electron chi connectivity index (χ1n) is 6.88. The van der Waals surface area contributed by atoms with Crippen LogP contribution in [0.3, 0.4) is 0 Å². The fourth-order valence-corrected chi connectivity index (χ4v) is 3.38. The van der Waals surface area contributed by atoms with Gasteiger partial charge in [-0.3, -0.25) is 0 Å². The van der Waals surface area contributed by atoms with Gasteiger partial charge < -0.3 is 10.1 Å². The fourth-order valence-electron chi connectivity index (χ4n) is 3.23. The highest BCUT2D eigenvalue weighted by molar-refractivity contribution is 6.30. The number of ether oxygens (including phenoxy) is 1. The molecule has 1 atom stereocenters. The molecule has 1 saturated carbocycles. The second-order valence-corrected chi connectivity index (χ2v) is 5.99. The maximum atomic E-state index is 13.7. The van der Waals surface area contributed by atoms with E-state index in [9.17, 15) is 4.39 Å². The van der Waals surface area contributed by atoms with Gasteiger partial charge in [0, 0.05) is 18.8 Å². The van der Waals surface area contributed by atoms with E-state index in [1.807, 2.05) is 0 Å².